The molecule has 2 heterocycles. The molecule has 2 aromatic heterocycles. The quantitative estimate of drug-likeness (QED) is 0.641. The number of rotatable bonds is 5. The molecule has 124 valence electrons. The van der Waals surface area contributed by atoms with Crippen LogP contribution in [0.3, 0.4) is 0 Å². The number of carbonyl (C=O) groups excluding carboxylic acids is 1. The summed E-state index contributed by atoms with van der Waals surface area (Å²) < 4.78 is 5.36. The Labute approximate surface area is 147 Å². The van der Waals surface area contributed by atoms with Crippen molar-refractivity contribution in [1.82, 2.24) is 5.32 Å². The van der Waals surface area contributed by atoms with Gasteiger partial charge in [-0.15, -0.1) is 11.3 Å². The Morgan fingerprint density at radius 1 is 1.21 bits per heavy atom. The van der Waals surface area contributed by atoms with E-state index in [9.17, 15) is 9.90 Å². The van der Waals surface area contributed by atoms with Gasteiger partial charge in [-0.3, -0.25) is 0 Å². The Morgan fingerprint density at radius 2 is 2.04 bits per heavy atom. The fourth-order valence-corrected chi connectivity index (χ4v) is 3.27. The summed E-state index contributed by atoms with van der Waals surface area (Å²) in [7, 11) is 0. The molecule has 5 nitrogen and oxygen atoms in total. The maximum absolute atomic E-state index is 12.1. The summed E-state index contributed by atoms with van der Waals surface area (Å²) in [5.41, 5.74) is -0.940. The Balaban J connectivity index is 1.73. The topological polar surface area (TPSA) is 74.5 Å². The standard InChI is InChI=1S/C17H15ClN2O3S/c18-12-5-1-2-6-13(12)20-16(21)19-11-17(22,14-7-3-9-23-14)15-8-4-10-24-15/h1-10,22H,11H2,(H2,19,20,21)/t17-/m0/s1. The minimum atomic E-state index is -1.44. The first-order valence-electron chi connectivity index (χ1n) is 7.19. The van der Waals surface area contributed by atoms with E-state index in [-0.39, 0.29) is 6.54 Å². The van der Waals surface area contributed by atoms with E-state index in [0.29, 0.717) is 21.3 Å². The van der Waals surface area contributed by atoms with Crippen molar-refractivity contribution in [2.45, 2.75) is 5.60 Å². The van der Waals surface area contributed by atoms with Crippen molar-refractivity contribution >= 4 is 34.7 Å². The van der Waals surface area contributed by atoms with Crippen molar-refractivity contribution in [3.05, 3.63) is 75.8 Å². The second-order valence-corrected chi connectivity index (χ2v) is 6.46. The summed E-state index contributed by atoms with van der Waals surface area (Å²) in [5.74, 6) is 0.364. The van der Waals surface area contributed by atoms with E-state index in [2.05, 4.69) is 10.6 Å². The minimum absolute atomic E-state index is 0.0443. The van der Waals surface area contributed by atoms with Crippen molar-refractivity contribution in [3.63, 3.8) is 0 Å². The lowest BCUT2D eigenvalue weighted by Crippen LogP contribution is -2.42. The fourth-order valence-electron chi connectivity index (χ4n) is 2.26. The zero-order valence-corrected chi connectivity index (χ0v) is 14.1. The Bertz CT molecular complexity index is 769. The van der Waals surface area contributed by atoms with Crippen molar-refractivity contribution in [1.29, 1.82) is 0 Å². The van der Waals surface area contributed by atoms with Gasteiger partial charge in [0.1, 0.15) is 5.76 Å². The van der Waals surface area contributed by atoms with Gasteiger partial charge >= 0.3 is 6.03 Å². The van der Waals surface area contributed by atoms with Crippen LogP contribution in [0.15, 0.2) is 64.6 Å². The van der Waals surface area contributed by atoms with E-state index in [1.54, 1.807) is 42.5 Å². The van der Waals surface area contributed by atoms with Crippen LogP contribution in [0.25, 0.3) is 0 Å². The van der Waals surface area contributed by atoms with Crippen LogP contribution in [0.2, 0.25) is 5.02 Å². The summed E-state index contributed by atoms with van der Waals surface area (Å²) in [6.07, 6.45) is 1.48. The number of furan rings is 1. The number of hydrogen-bond acceptors (Lipinski definition) is 4. The number of thiophene rings is 1. The van der Waals surface area contributed by atoms with E-state index in [1.807, 2.05) is 11.4 Å². The summed E-state index contributed by atoms with van der Waals surface area (Å²) in [5, 5.41) is 18.7. The molecule has 0 spiro atoms. The van der Waals surface area contributed by atoms with Crippen LogP contribution in [0.1, 0.15) is 10.6 Å². The van der Waals surface area contributed by atoms with Crippen LogP contribution >= 0.6 is 22.9 Å². The minimum Gasteiger partial charge on any atom is -0.466 e. The van der Waals surface area contributed by atoms with Crippen LogP contribution in [0.5, 0.6) is 0 Å². The van der Waals surface area contributed by atoms with E-state index in [1.165, 1.54) is 17.6 Å². The van der Waals surface area contributed by atoms with Gasteiger partial charge in [0, 0.05) is 4.88 Å². The van der Waals surface area contributed by atoms with Gasteiger partial charge in [-0.25, -0.2) is 4.79 Å². The van der Waals surface area contributed by atoms with Gasteiger partial charge in [-0.2, -0.15) is 0 Å². The molecule has 0 unspecified atom stereocenters. The molecule has 2 amide bonds. The fraction of sp³-hybridized carbons (Fsp3) is 0.118. The molecule has 0 saturated carbocycles. The third-order valence-corrected chi connectivity index (χ3v) is 4.83. The molecule has 0 bridgehead atoms. The second kappa shape index (κ2) is 7.09. The summed E-state index contributed by atoms with van der Waals surface area (Å²) in [6, 6.07) is 13.4. The highest BCUT2D eigenvalue weighted by Gasteiger charge is 2.36. The first-order chi connectivity index (χ1) is 11.6. The predicted molar refractivity (Wildman–Crippen MR) is 94.5 cm³/mol. The highest BCUT2D eigenvalue weighted by atomic mass is 35.5. The van der Waals surface area contributed by atoms with Crippen LogP contribution in [0, 0.1) is 0 Å². The second-order valence-electron chi connectivity index (χ2n) is 5.10. The number of benzene rings is 1. The van der Waals surface area contributed by atoms with E-state index in [4.69, 9.17) is 16.0 Å². The number of hydrogen-bond donors (Lipinski definition) is 3. The van der Waals surface area contributed by atoms with Crippen molar-refractivity contribution in [3.8, 4) is 0 Å². The lowest BCUT2D eigenvalue weighted by atomic mass is 9.99. The maximum Gasteiger partial charge on any atom is 0.319 e. The molecule has 3 aromatic rings. The number of carbonyl (C=O) groups is 1. The number of nitrogens with one attached hydrogen (secondary N) is 2. The molecule has 24 heavy (non-hydrogen) atoms. The zero-order valence-electron chi connectivity index (χ0n) is 12.5. The first-order valence-corrected chi connectivity index (χ1v) is 8.45. The molecule has 0 aliphatic rings. The predicted octanol–water partition coefficient (Wildman–Crippen LogP) is 4.05. The Hall–Kier alpha value is -2.28. The lowest BCUT2D eigenvalue weighted by molar-refractivity contribution is 0.0628. The summed E-state index contributed by atoms with van der Waals surface area (Å²) >= 11 is 7.40. The molecule has 1 aromatic carbocycles. The molecule has 0 aliphatic carbocycles. The first kappa shape index (κ1) is 16.6. The Morgan fingerprint density at radius 3 is 2.71 bits per heavy atom. The number of para-hydroxylation sites is 1. The average Bonchev–Trinajstić information content (AvgIpc) is 3.28. The lowest BCUT2D eigenvalue weighted by Gasteiger charge is -2.25. The number of urea groups is 1. The smallest absolute Gasteiger partial charge is 0.319 e. The van der Waals surface area contributed by atoms with E-state index in [0.717, 1.165) is 0 Å². The number of anilines is 1. The maximum atomic E-state index is 12.1. The van der Waals surface area contributed by atoms with Crippen LogP contribution < -0.4 is 10.6 Å². The molecule has 0 aliphatic heterocycles. The highest BCUT2D eigenvalue weighted by molar-refractivity contribution is 7.10. The van der Waals surface area contributed by atoms with Crippen molar-refractivity contribution in [2.24, 2.45) is 0 Å². The van der Waals surface area contributed by atoms with Crippen molar-refractivity contribution in [2.75, 3.05) is 11.9 Å². The molecule has 0 saturated heterocycles. The molecule has 0 fully saturated rings. The van der Waals surface area contributed by atoms with Crippen LogP contribution in [-0.2, 0) is 5.60 Å². The molecule has 1 atom stereocenters. The van der Waals surface area contributed by atoms with Gasteiger partial charge in [-0.05, 0) is 35.7 Å². The van der Waals surface area contributed by atoms with Gasteiger partial charge in [0.05, 0.1) is 23.5 Å². The average molecular weight is 363 g/mol. The summed E-state index contributed by atoms with van der Waals surface area (Å²) in [4.78, 5) is 12.8. The largest absolute Gasteiger partial charge is 0.466 e. The normalized spacial score (nSPS) is 13.2. The third-order valence-electron chi connectivity index (χ3n) is 3.48. The zero-order chi connectivity index (χ0) is 17.0. The molecule has 3 rings (SSSR count). The summed E-state index contributed by atoms with van der Waals surface area (Å²) in [6.45, 7) is -0.0443. The SMILES string of the molecule is O=C(NC[C@](O)(c1ccco1)c1cccs1)Nc1ccccc1Cl. The van der Waals surface area contributed by atoms with Gasteiger partial charge in [0.15, 0.2) is 5.60 Å². The van der Waals surface area contributed by atoms with Gasteiger partial charge in [0.2, 0.25) is 0 Å². The Kier molecular flexibility index (Phi) is 4.89. The molecule has 3 N–H and O–H groups in total. The molecular weight excluding hydrogens is 348 g/mol. The molecule has 0 radical (unpaired) electrons. The van der Waals surface area contributed by atoms with E-state index >= 15 is 0 Å². The van der Waals surface area contributed by atoms with Crippen LogP contribution in [0.4, 0.5) is 10.5 Å². The van der Waals surface area contributed by atoms with Gasteiger partial charge in [-0.1, -0.05) is 29.8 Å². The molecular formula is C17H15ClN2O3S. The number of aliphatic hydroxyl groups is 1. The van der Waals surface area contributed by atoms with Gasteiger partial charge < -0.3 is 20.2 Å². The van der Waals surface area contributed by atoms with Crippen molar-refractivity contribution < 1.29 is 14.3 Å². The number of amides is 2. The number of halogens is 1. The highest BCUT2D eigenvalue weighted by Crippen LogP contribution is 2.32. The van der Waals surface area contributed by atoms with Gasteiger partial charge in [0.25, 0.3) is 0 Å². The van der Waals surface area contributed by atoms with E-state index < -0.39 is 11.6 Å². The monoisotopic (exact) mass is 362 g/mol. The third kappa shape index (κ3) is 3.46. The van der Waals surface area contributed by atoms with Crippen LogP contribution in [-0.4, -0.2) is 17.7 Å². The molecule has 7 heteroatoms.